The molecule has 0 atom stereocenters. The number of hydrogen-bond donors (Lipinski definition) is 1. The molecule has 0 aliphatic carbocycles. The lowest BCUT2D eigenvalue weighted by Gasteiger charge is -2.10. The number of pyridine rings is 1. The van der Waals surface area contributed by atoms with Crippen LogP contribution < -0.4 is 11.3 Å². The van der Waals surface area contributed by atoms with Gasteiger partial charge in [-0.1, -0.05) is 6.07 Å². The van der Waals surface area contributed by atoms with Crippen molar-refractivity contribution in [1.82, 2.24) is 4.57 Å². The van der Waals surface area contributed by atoms with E-state index in [9.17, 15) is 4.79 Å². The van der Waals surface area contributed by atoms with E-state index in [-0.39, 0.29) is 11.6 Å². The van der Waals surface area contributed by atoms with Gasteiger partial charge in [0.1, 0.15) is 0 Å². The smallest absolute Gasteiger partial charge is 0.253 e. The van der Waals surface area contributed by atoms with Gasteiger partial charge in [-0.2, -0.15) is 0 Å². The van der Waals surface area contributed by atoms with Gasteiger partial charge in [0.05, 0.1) is 0 Å². The summed E-state index contributed by atoms with van der Waals surface area (Å²) in [5.74, 6) is 0. The zero-order valence-corrected chi connectivity index (χ0v) is 8.86. The first-order chi connectivity index (χ1) is 6.66. The molecule has 1 aromatic rings. The van der Waals surface area contributed by atoms with Crippen LogP contribution in [0.4, 0.5) is 0 Å². The minimum atomic E-state index is 0.121. The lowest BCUT2D eigenvalue weighted by molar-refractivity contribution is 0.572. The van der Waals surface area contributed by atoms with Gasteiger partial charge in [-0.25, -0.2) is 0 Å². The fourth-order valence-corrected chi connectivity index (χ4v) is 1.45. The lowest BCUT2D eigenvalue weighted by Crippen LogP contribution is -2.24. The van der Waals surface area contributed by atoms with Crippen LogP contribution in [-0.2, 0) is 6.42 Å². The normalized spacial score (nSPS) is 10.9. The molecule has 1 heterocycles. The van der Waals surface area contributed by atoms with Gasteiger partial charge in [0.15, 0.2) is 0 Å². The van der Waals surface area contributed by atoms with Crippen molar-refractivity contribution in [2.24, 2.45) is 5.73 Å². The summed E-state index contributed by atoms with van der Waals surface area (Å²) in [5, 5.41) is 0. The van der Waals surface area contributed by atoms with Crippen molar-refractivity contribution < 1.29 is 0 Å². The SMILES string of the molecule is CC(C)n1cccc(CCCN)c1=O. The lowest BCUT2D eigenvalue weighted by atomic mass is 10.1. The summed E-state index contributed by atoms with van der Waals surface area (Å²) in [7, 11) is 0. The molecule has 3 heteroatoms. The van der Waals surface area contributed by atoms with E-state index in [0.717, 1.165) is 18.4 Å². The van der Waals surface area contributed by atoms with E-state index in [1.54, 1.807) is 4.57 Å². The third-order valence-corrected chi connectivity index (χ3v) is 2.26. The quantitative estimate of drug-likeness (QED) is 0.785. The second-order valence-corrected chi connectivity index (χ2v) is 3.73. The molecule has 0 aliphatic rings. The molecular weight excluding hydrogens is 176 g/mol. The first-order valence-corrected chi connectivity index (χ1v) is 5.07. The van der Waals surface area contributed by atoms with Crippen molar-refractivity contribution in [2.45, 2.75) is 32.7 Å². The highest BCUT2D eigenvalue weighted by Gasteiger charge is 2.04. The summed E-state index contributed by atoms with van der Waals surface area (Å²) in [4.78, 5) is 11.8. The largest absolute Gasteiger partial charge is 0.330 e. The zero-order valence-electron chi connectivity index (χ0n) is 8.86. The number of nitrogens with zero attached hydrogens (tertiary/aromatic N) is 1. The summed E-state index contributed by atoms with van der Waals surface area (Å²) in [5.41, 5.74) is 6.40. The molecule has 3 nitrogen and oxygen atoms in total. The maximum Gasteiger partial charge on any atom is 0.253 e. The molecule has 1 rings (SSSR count). The fraction of sp³-hybridized carbons (Fsp3) is 0.545. The van der Waals surface area contributed by atoms with Crippen molar-refractivity contribution in [2.75, 3.05) is 6.54 Å². The highest BCUT2D eigenvalue weighted by molar-refractivity contribution is 5.11. The van der Waals surface area contributed by atoms with E-state index in [2.05, 4.69) is 0 Å². The summed E-state index contributed by atoms with van der Waals surface area (Å²) in [6, 6.07) is 4.03. The Balaban J connectivity index is 2.96. The average molecular weight is 194 g/mol. The Morgan fingerprint density at radius 3 is 2.79 bits per heavy atom. The van der Waals surface area contributed by atoms with Crippen LogP contribution in [0.3, 0.4) is 0 Å². The molecular formula is C11H18N2O. The van der Waals surface area contributed by atoms with E-state index in [0.29, 0.717) is 6.54 Å². The molecule has 2 N–H and O–H groups in total. The Morgan fingerprint density at radius 2 is 2.21 bits per heavy atom. The Morgan fingerprint density at radius 1 is 1.50 bits per heavy atom. The number of rotatable bonds is 4. The maximum absolute atomic E-state index is 11.8. The van der Waals surface area contributed by atoms with Crippen LogP contribution in [0.15, 0.2) is 23.1 Å². The standard InChI is InChI=1S/C11H18N2O/c1-9(2)13-8-4-6-10(11(13)14)5-3-7-12/h4,6,8-9H,3,5,7,12H2,1-2H3. The molecule has 0 saturated heterocycles. The molecule has 0 radical (unpaired) electrons. The molecule has 0 bridgehead atoms. The van der Waals surface area contributed by atoms with Crippen LogP contribution >= 0.6 is 0 Å². The van der Waals surface area contributed by atoms with Gasteiger partial charge in [-0.05, 0) is 39.3 Å². The van der Waals surface area contributed by atoms with Gasteiger partial charge >= 0.3 is 0 Å². The molecule has 0 spiro atoms. The maximum atomic E-state index is 11.8. The van der Waals surface area contributed by atoms with Crippen molar-refractivity contribution >= 4 is 0 Å². The van der Waals surface area contributed by atoms with Gasteiger partial charge in [0.25, 0.3) is 5.56 Å². The van der Waals surface area contributed by atoms with Crippen LogP contribution in [0.5, 0.6) is 0 Å². The molecule has 0 saturated carbocycles. The predicted octanol–water partition coefficient (Wildman–Crippen LogP) is 1.32. The summed E-state index contributed by atoms with van der Waals surface area (Å²) in [6.07, 6.45) is 3.49. The molecule has 0 fully saturated rings. The highest BCUT2D eigenvalue weighted by Crippen LogP contribution is 2.02. The van der Waals surface area contributed by atoms with Gasteiger partial charge in [0, 0.05) is 17.8 Å². The Bertz CT molecular complexity index is 341. The van der Waals surface area contributed by atoms with Gasteiger partial charge < -0.3 is 10.3 Å². The molecule has 0 aromatic carbocycles. The topological polar surface area (TPSA) is 48.0 Å². The number of hydrogen-bond acceptors (Lipinski definition) is 2. The van der Waals surface area contributed by atoms with Crippen LogP contribution in [0.1, 0.15) is 31.9 Å². The van der Waals surface area contributed by atoms with Crippen molar-refractivity contribution in [3.63, 3.8) is 0 Å². The molecule has 78 valence electrons. The molecule has 14 heavy (non-hydrogen) atoms. The Kier molecular flexibility index (Phi) is 3.89. The molecule has 0 aliphatic heterocycles. The Hall–Kier alpha value is -1.09. The van der Waals surface area contributed by atoms with E-state index in [1.165, 1.54) is 0 Å². The second kappa shape index (κ2) is 4.96. The second-order valence-electron chi connectivity index (χ2n) is 3.73. The molecule has 0 amide bonds. The van der Waals surface area contributed by atoms with E-state index < -0.39 is 0 Å². The highest BCUT2D eigenvalue weighted by atomic mass is 16.1. The van der Waals surface area contributed by atoms with E-state index in [1.807, 2.05) is 32.2 Å². The Labute approximate surface area is 84.6 Å². The van der Waals surface area contributed by atoms with Crippen LogP contribution in [0.2, 0.25) is 0 Å². The van der Waals surface area contributed by atoms with Gasteiger partial charge in [0.2, 0.25) is 0 Å². The fourth-order valence-electron chi connectivity index (χ4n) is 1.45. The van der Waals surface area contributed by atoms with Crippen molar-refractivity contribution in [3.8, 4) is 0 Å². The first-order valence-electron chi connectivity index (χ1n) is 5.07. The molecule has 1 aromatic heterocycles. The number of nitrogens with two attached hydrogens (primary N) is 1. The average Bonchev–Trinajstić information content (AvgIpc) is 2.16. The minimum Gasteiger partial charge on any atom is -0.330 e. The third-order valence-electron chi connectivity index (χ3n) is 2.26. The van der Waals surface area contributed by atoms with Crippen LogP contribution in [0.25, 0.3) is 0 Å². The summed E-state index contributed by atoms with van der Waals surface area (Å²) in [6.45, 7) is 4.65. The predicted molar refractivity (Wildman–Crippen MR) is 58.5 cm³/mol. The first kappa shape index (κ1) is 11.0. The number of aromatic nitrogens is 1. The molecule has 0 unspecified atom stereocenters. The zero-order chi connectivity index (χ0) is 10.6. The number of aryl methyl sites for hydroxylation is 1. The summed E-state index contributed by atoms with van der Waals surface area (Å²) >= 11 is 0. The van der Waals surface area contributed by atoms with Crippen molar-refractivity contribution in [3.05, 3.63) is 34.2 Å². The van der Waals surface area contributed by atoms with E-state index >= 15 is 0 Å². The van der Waals surface area contributed by atoms with Gasteiger partial charge in [-0.3, -0.25) is 4.79 Å². The van der Waals surface area contributed by atoms with Crippen molar-refractivity contribution in [1.29, 1.82) is 0 Å². The van der Waals surface area contributed by atoms with Crippen LogP contribution in [0, 0.1) is 0 Å². The summed E-state index contributed by atoms with van der Waals surface area (Å²) < 4.78 is 1.76. The minimum absolute atomic E-state index is 0.121. The van der Waals surface area contributed by atoms with Gasteiger partial charge in [-0.15, -0.1) is 0 Å². The van der Waals surface area contributed by atoms with Crippen LogP contribution in [-0.4, -0.2) is 11.1 Å². The third kappa shape index (κ3) is 2.45. The monoisotopic (exact) mass is 194 g/mol. The van der Waals surface area contributed by atoms with E-state index in [4.69, 9.17) is 5.73 Å².